The number of amides is 2. The molecule has 0 fully saturated rings. The van der Waals surface area contributed by atoms with E-state index in [1.165, 1.54) is 13.1 Å². The molecule has 2 amide bonds. The van der Waals surface area contributed by atoms with Crippen molar-refractivity contribution >= 4 is 11.8 Å². The maximum atomic E-state index is 13.3. The van der Waals surface area contributed by atoms with Gasteiger partial charge in [-0.3, -0.25) is 9.59 Å². The fraction of sp³-hybridized carbons (Fsp3) is 0.467. The van der Waals surface area contributed by atoms with Gasteiger partial charge in [-0.15, -0.1) is 0 Å². The van der Waals surface area contributed by atoms with Crippen LogP contribution in [0.1, 0.15) is 31.9 Å². The molecule has 7 heteroatoms. The summed E-state index contributed by atoms with van der Waals surface area (Å²) in [6.07, 6.45) is -1.04. The number of carbonyl (C=O) groups excluding carboxylic acids is 2. The van der Waals surface area contributed by atoms with Crippen molar-refractivity contribution in [3.8, 4) is 0 Å². The van der Waals surface area contributed by atoms with Crippen LogP contribution in [0.25, 0.3) is 0 Å². The number of nitrogens with one attached hydrogen (secondary N) is 2. The molecule has 0 spiro atoms. The van der Waals surface area contributed by atoms with E-state index in [0.29, 0.717) is 0 Å². The largest absolute Gasteiger partial charge is 0.392 e. The molecule has 1 rings (SSSR count). The lowest BCUT2D eigenvalue weighted by Gasteiger charge is -2.20. The molecular formula is C15H20F2N2O3. The third kappa shape index (κ3) is 4.77. The van der Waals surface area contributed by atoms with Crippen LogP contribution in [0.3, 0.4) is 0 Å². The zero-order chi connectivity index (χ0) is 16.9. The van der Waals surface area contributed by atoms with E-state index in [0.717, 1.165) is 12.1 Å². The predicted octanol–water partition coefficient (Wildman–Crippen LogP) is 1.28. The number of rotatable bonds is 6. The molecule has 0 saturated carbocycles. The number of benzene rings is 1. The second-order valence-corrected chi connectivity index (χ2v) is 5.30. The fourth-order valence-electron chi connectivity index (χ4n) is 1.78. The molecule has 0 aliphatic carbocycles. The molecule has 3 N–H and O–H groups in total. The topological polar surface area (TPSA) is 78.4 Å². The van der Waals surface area contributed by atoms with Crippen LogP contribution in [-0.4, -0.2) is 30.1 Å². The molecule has 0 aromatic heterocycles. The van der Waals surface area contributed by atoms with Gasteiger partial charge in [0.1, 0.15) is 6.04 Å². The summed E-state index contributed by atoms with van der Waals surface area (Å²) in [5, 5.41) is 14.4. The van der Waals surface area contributed by atoms with Crippen LogP contribution >= 0.6 is 0 Å². The molecule has 0 aliphatic heterocycles. The van der Waals surface area contributed by atoms with Gasteiger partial charge in [0.05, 0.1) is 12.5 Å². The molecule has 122 valence electrons. The monoisotopic (exact) mass is 314 g/mol. The third-order valence-corrected chi connectivity index (χ3v) is 3.25. The van der Waals surface area contributed by atoms with E-state index in [1.807, 2.05) is 0 Å². The van der Waals surface area contributed by atoms with E-state index in [2.05, 4.69) is 10.6 Å². The number of likely N-dealkylation sites (N-methyl/N-ethyl adjacent to an activating group) is 1. The second-order valence-electron chi connectivity index (χ2n) is 5.30. The number of carbonyl (C=O) groups is 2. The van der Waals surface area contributed by atoms with Crippen LogP contribution in [-0.2, 0) is 9.59 Å². The molecule has 2 unspecified atom stereocenters. The van der Waals surface area contributed by atoms with E-state index >= 15 is 0 Å². The summed E-state index contributed by atoms with van der Waals surface area (Å²) < 4.78 is 26.3. The minimum atomic E-state index is -1.16. The number of aliphatic hydroxyl groups is 1. The highest BCUT2D eigenvalue weighted by Gasteiger charge is 2.24. The Bertz CT molecular complexity index is 550. The van der Waals surface area contributed by atoms with Crippen LogP contribution in [0.2, 0.25) is 0 Å². The summed E-state index contributed by atoms with van der Waals surface area (Å²) in [5.41, 5.74) is 0.116. The van der Waals surface area contributed by atoms with Gasteiger partial charge in [-0.1, -0.05) is 19.9 Å². The van der Waals surface area contributed by atoms with Crippen molar-refractivity contribution in [2.24, 2.45) is 5.92 Å². The highest BCUT2D eigenvalue weighted by Crippen LogP contribution is 2.17. The second kappa shape index (κ2) is 7.84. The van der Waals surface area contributed by atoms with Crippen molar-refractivity contribution in [1.82, 2.24) is 10.6 Å². The average Bonchev–Trinajstić information content (AvgIpc) is 2.46. The minimum absolute atomic E-state index is 0.116. The number of hydrogen-bond acceptors (Lipinski definition) is 3. The van der Waals surface area contributed by atoms with Gasteiger partial charge in [-0.05, 0) is 23.6 Å². The normalized spacial score (nSPS) is 13.6. The smallest absolute Gasteiger partial charge is 0.246 e. The first kappa shape index (κ1) is 18.0. The third-order valence-electron chi connectivity index (χ3n) is 3.25. The zero-order valence-corrected chi connectivity index (χ0v) is 12.7. The Morgan fingerprint density at radius 3 is 2.36 bits per heavy atom. The lowest BCUT2D eigenvalue weighted by Crippen LogP contribution is -2.40. The average molecular weight is 314 g/mol. The van der Waals surface area contributed by atoms with E-state index in [9.17, 15) is 23.5 Å². The molecule has 0 bridgehead atoms. The minimum Gasteiger partial charge on any atom is -0.392 e. The van der Waals surface area contributed by atoms with Crippen molar-refractivity contribution in [3.05, 3.63) is 35.4 Å². The van der Waals surface area contributed by atoms with Gasteiger partial charge in [0.25, 0.3) is 0 Å². The van der Waals surface area contributed by atoms with E-state index < -0.39 is 35.6 Å². The summed E-state index contributed by atoms with van der Waals surface area (Å²) in [4.78, 5) is 23.8. The maximum Gasteiger partial charge on any atom is 0.246 e. The Hall–Kier alpha value is -2.02. The Balaban J connectivity index is 2.92. The zero-order valence-electron chi connectivity index (χ0n) is 12.7. The Kier molecular flexibility index (Phi) is 6.42. The summed E-state index contributed by atoms with van der Waals surface area (Å²) in [7, 11) is 1.37. The first-order chi connectivity index (χ1) is 10.3. The first-order valence-electron chi connectivity index (χ1n) is 6.90. The van der Waals surface area contributed by atoms with Gasteiger partial charge in [0.2, 0.25) is 11.8 Å². The van der Waals surface area contributed by atoms with E-state index in [-0.39, 0.29) is 17.9 Å². The van der Waals surface area contributed by atoms with Crippen molar-refractivity contribution < 1.29 is 23.5 Å². The first-order valence-corrected chi connectivity index (χ1v) is 6.90. The number of aliphatic hydroxyl groups excluding tert-OH is 1. The molecule has 0 radical (unpaired) electrons. The van der Waals surface area contributed by atoms with Gasteiger partial charge in [-0.2, -0.15) is 0 Å². The highest BCUT2D eigenvalue weighted by atomic mass is 19.2. The van der Waals surface area contributed by atoms with Crippen LogP contribution in [0.15, 0.2) is 18.2 Å². The van der Waals surface area contributed by atoms with Crippen molar-refractivity contribution in [2.45, 2.75) is 32.4 Å². The van der Waals surface area contributed by atoms with E-state index in [1.54, 1.807) is 13.8 Å². The van der Waals surface area contributed by atoms with Crippen molar-refractivity contribution in [1.29, 1.82) is 0 Å². The van der Waals surface area contributed by atoms with Gasteiger partial charge in [0, 0.05) is 7.05 Å². The molecule has 0 heterocycles. The number of hydrogen-bond donors (Lipinski definition) is 3. The summed E-state index contributed by atoms with van der Waals surface area (Å²) in [5.74, 6) is -3.39. The lowest BCUT2D eigenvalue weighted by molar-refractivity contribution is -0.130. The summed E-state index contributed by atoms with van der Waals surface area (Å²) in [6.45, 7) is 3.51. The Morgan fingerprint density at radius 2 is 1.86 bits per heavy atom. The maximum absolute atomic E-state index is 13.3. The van der Waals surface area contributed by atoms with Gasteiger partial charge in [0.15, 0.2) is 11.6 Å². The van der Waals surface area contributed by atoms with E-state index in [4.69, 9.17) is 0 Å². The Labute approximate surface area is 127 Å². The molecule has 0 saturated heterocycles. The van der Waals surface area contributed by atoms with Crippen LogP contribution in [0.4, 0.5) is 8.78 Å². The molecule has 5 nitrogen and oxygen atoms in total. The SMILES string of the molecule is CNC(=O)C(NC(=O)CC(O)C(C)C)c1ccc(F)c(F)c1. The van der Waals surface area contributed by atoms with Crippen LogP contribution in [0.5, 0.6) is 0 Å². The van der Waals surface area contributed by atoms with Gasteiger partial charge < -0.3 is 15.7 Å². The number of halogens is 2. The lowest BCUT2D eigenvalue weighted by atomic mass is 10.0. The quantitative estimate of drug-likeness (QED) is 0.740. The molecule has 0 aliphatic rings. The molecule has 22 heavy (non-hydrogen) atoms. The highest BCUT2D eigenvalue weighted by molar-refractivity contribution is 5.88. The van der Waals surface area contributed by atoms with Crippen molar-refractivity contribution in [3.63, 3.8) is 0 Å². The standard InChI is InChI=1S/C15H20F2N2O3/c1-8(2)12(20)7-13(21)19-14(15(22)18-3)9-4-5-10(16)11(17)6-9/h4-6,8,12,14,20H,7H2,1-3H3,(H,18,22)(H,19,21). The fourth-order valence-corrected chi connectivity index (χ4v) is 1.78. The molecule has 1 aromatic carbocycles. The predicted molar refractivity (Wildman–Crippen MR) is 76.8 cm³/mol. The summed E-state index contributed by atoms with van der Waals surface area (Å²) in [6, 6.07) is 1.80. The molecule has 2 atom stereocenters. The van der Waals surface area contributed by atoms with Crippen LogP contribution in [0, 0.1) is 17.6 Å². The van der Waals surface area contributed by atoms with Gasteiger partial charge >= 0.3 is 0 Å². The summed E-state index contributed by atoms with van der Waals surface area (Å²) >= 11 is 0. The molecule has 1 aromatic rings. The van der Waals surface area contributed by atoms with Gasteiger partial charge in [-0.25, -0.2) is 8.78 Å². The van der Waals surface area contributed by atoms with Crippen LogP contribution < -0.4 is 10.6 Å². The molecular weight excluding hydrogens is 294 g/mol. The Morgan fingerprint density at radius 1 is 1.23 bits per heavy atom. The van der Waals surface area contributed by atoms with Crippen molar-refractivity contribution in [2.75, 3.05) is 7.05 Å².